The van der Waals surface area contributed by atoms with Gasteiger partial charge in [-0.3, -0.25) is 4.79 Å². The van der Waals surface area contributed by atoms with Crippen LogP contribution in [-0.2, 0) is 4.79 Å². The van der Waals surface area contributed by atoms with Crippen LogP contribution >= 0.6 is 11.8 Å². The van der Waals surface area contributed by atoms with E-state index in [0.717, 1.165) is 22.4 Å². The van der Waals surface area contributed by atoms with Crippen molar-refractivity contribution < 1.29 is 4.79 Å². The maximum Gasteiger partial charge on any atom is 0.264 e. The fourth-order valence-corrected chi connectivity index (χ4v) is 3.22. The standard InChI is InChI=1S/C20H18N2OS/c1-14(12-16-9-4-3-5-10-16)13-18-19(23)22-20(24-18)21-17-11-7-6-8-15(17)2/h3-13H,1-2H3,(H,21,22,23)/b14-12+,18-13-. The molecule has 0 atom stereocenters. The van der Waals surface area contributed by atoms with Gasteiger partial charge in [0.25, 0.3) is 5.91 Å². The minimum atomic E-state index is -0.104. The number of nitrogens with zero attached hydrogens (tertiary/aromatic N) is 1. The highest BCUT2D eigenvalue weighted by Gasteiger charge is 2.23. The molecule has 4 heteroatoms. The summed E-state index contributed by atoms with van der Waals surface area (Å²) < 4.78 is 0. The Balaban J connectivity index is 1.80. The van der Waals surface area contributed by atoms with Crippen LogP contribution in [0.2, 0.25) is 0 Å². The SMILES string of the molecule is CC(/C=C1\SC(=Nc2ccccc2C)NC1=O)=C\c1ccccc1. The molecule has 0 saturated carbocycles. The monoisotopic (exact) mass is 334 g/mol. The molecule has 0 spiro atoms. The van der Waals surface area contributed by atoms with Crippen molar-refractivity contribution in [2.75, 3.05) is 0 Å². The van der Waals surface area contributed by atoms with Gasteiger partial charge in [-0.05, 0) is 54.5 Å². The minimum Gasteiger partial charge on any atom is -0.300 e. The lowest BCUT2D eigenvalue weighted by atomic mass is 10.1. The number of hydrogen-bond donors (Lipinski definition) is 1. The molecule has 24 heavy (non-hydrogen) atoms. The van der Waals surface area contributed by atoms with Crippen LogP contribution in [0.15, 0.2) is 76.1 Å². The zero-order valence-electron chi connectivity index (χ0n) is 13.6. The fourth-order valence-electron chi connectivity index (χ4n) is 2.34. The Bertz CT molecular complexity index is 851. The van der Waals surface area contributed by atoms with Crippen LogP contribution in [0.1, 0.15) is 18.1 Å². The van der Waals surface area contributed by atoms with Crippen molar-refractivity contribution in [2.24, 2.45) is 4.99 Å². The third-order valence-corrected chi connectivity index (χ3v) is 4.45. The number of rotatable bonds is 3. The number of carbonyl (C=O) groups excluding carboxylic acids is 1. The molecule has 1 heterocycles. The highest BCUT2D eigenvalue weighted by atomic mass is 32.2. The molecule has 2 aromatic rings. The van der Waals surface area contributed by atoms with E-state index >= 15 is 0 Å². The first kappa shape index (κ1) is 16.3. The Morgan fingerprint density at radius 1 is 1.08 bits per heavy atom. The van der Waals surface area contributed by atoms with Gasteiger partial charge >= 0.3 is 0 Å². The fraction of sp³-hybridized carbons (Fsp3) is 0.100. The largest absolute Gasteiger partial charge is 0.300 e. The van der Waals surface area contributed by atoms with Crippen molar-refractivity contribution in [3.63, 3.8) is 0 Å². The average molecular weight is 334 g/mol. The summed E-state index contributed by atoms with van der Waals surface area (Å²) >= 11 is 1.37. The summed E-state index contributed by atoms with van der Waals surface area (Å²) in [6.45, 7) is 3.99. The molecule has 1 aliphatic rings. The summed E-state index contributed by atoms with van der Waals surface area (Å²) in [6.07, 6.45) is 3.95. The van der Waals surface area contributed by atoms with Crippen molar-refractivity contribution in [3.05, 3.63) is 82.3 Å². The van der Waals surface area contributed by atoms with E-state index < -0.39 is 0 Å². The second-order valence-corrected chi connectivity index (χ2v) is 6.60. The number of allylic oxidation sites excluding steroid dienone is 2. The van der Waals surface area contributed by atoms with Gasteiger partial charge in [0.05, 0.1) is 10.6 Å². The van der Waals surface area contributed by atoms with Crippen molar-refractivity contribution in [1.82, 2.24) is 5.32 Å². The van der Waals surface area contributed by atoms with E-state index in [-0.39, 0.29) is 5.91 Å². The van der Waals surface area contributed by atoms with Gasteiger partial charge in [-0.2, -0.15) is 0 Å². The van der Waals surface area contributed by atoms with Crippen molar-refractivity contribution in [1.29, 1.82) is 0 Å². The molecule has 1 N–H and O–H groups in total. The van der Waals surface area contributed by atoms with Crippen molar-refractivity contribution in [2.45, 2.75) is 13.8 Å². The van der Waals surface area contributed by atoms with Crippen LogP contribution in [0.25, 0.3) is 6.08 Å². The Kier molecular flexibility index (Phi) is 4.96. The lowest BCUT2D eigenvalue weighted by molar-refractivity contribution is -0.115. The summed E-state index contributed by atoms with van der Waals surface area (Å²) in [4.78, 5) is 17.3. The summed E-state index contributed by atoms with van der Waals surface area (Å²) in [6, 6.07) is 17.9. The second-order valence-electron chi connectivity index (χ2n) is 5.57. The van der Waals surface area contributed by atoms with Crippen LogP contribution in [0.4, 0.5) is 5.69 Å². The zero-order chi connectivity index (χ0) is 16.9. The number of aryl methyl sites for hydroxylation is 1. The number of benzene rings is 2. The maximum atomic E-state index is 12.1. The molecule has 1 saturated heterocycles. The molecule has 1 amide bonds. The van der Waals surface area contributed by atoms with Crippen LogP contribution in [0.3, 0.4) is 0 Å². The molecule has 0 bridgehead atoms. The molecule has 3 rings (SSSR count). The number of amidine groups is 1. The molecule has 0 aliphatic carbocycles. The predicted octanol–water partition coefficient (Wildman–Crippen LogP) is 4.83. The molecular formula is C20H18N2OS. The van der Waals surface area contributed by atoms with Gasteiger partial charge in [-0.25, -0.2) is 4.99 Å². The molecule has 2 aromatic carbocycles. The van der Waals surface area contributed by atoms with Gasteiger partial charge in [-0.1, -0.05) is 54.6 Å². The second kappa shape index (κ2) is 7.32. The summed E-state index contributed by atoms with van der Waals surface area (Å²) in [7, 11) is 0. The lowest BCUT2D eigenvalue weighted by Crippen LogP contribution is -2.19. The highest BCUT2D eigenvalue weighted by molar-refractivity contribution is 8.18. The number of carbonyl (C=O) groups is 1. The number of nitrogens with one attached hydrogen (secondary N) is 1. The lowest BCUT2D eigenvalue weighted by Gasteiger charge is -1.99. The van der Waals surface area contributed by atoms with Crippen LogP contribution in [-0.4, -0.2) is 11.1 Å². The minimum absolute atomic E-state index is 0.104. The van der Waals surface area contributed by atoms with E-state index in [4.69, 9.17) is 0 Å². The van der Waals surface area contributed by atoms with Gasteiger partial charge in [-0.15, -0.1) is 0 Å². The third kappa shape index (κ3) is 4.03. The quantitative estimate of drug-likeness (QED) is 0.817. The first-order valence-electron chi connectivity index (χ1n) is 7.70. The number of amides is 1. The van der Waals surface area contributed by atoms with Crippen molar-refractivity contribution in [3.8, 4) is 0 Å². The first-order valence-corrected chi connectivity index (χ1v) is 8.52. The number of para-hydroxylation sites is 1. The Labute approximate surface area is 146 Å². The Morgan fingerprint density at radius 3 is 2.54 bits per heavy atom. The summed E-state index contributed by atoms with van der Waals surface area (Å²) in [5.41, 5.74) is 4.09. The molecular weight excluding hydrogens is 316 g/mol. The van der Waals surface area contributed by atoms with Crippen LogP contribution < -0.4 is 5.32 Å². The average Bonchev–Trinajstić information content (AvgIpc) is 2.90. The molecule has 1 fully saturated rings. The maximum absolute atomic E-state index is 12.1. The molecule has 0 radical (unpaired) electrons. The zero-order valence-corrected chi connectivity index (χ0v) is 14.4. The van der Waals surface area contributed by atoms with Gasteiger partial charge in [0.1, 0.15) is 0 Å². The van der Waals surface area contributed by atoms with Crippen molar-refractivity contribution >= 4 is 34.6 Å². The van der Waals surface area contributed by atoms with E-state index in [1.54, 1.807) is 0 Å². The van der Waals surface area contributed by atoms with Gasteiger partial charge in [0.2, 0.25) is 0 Å². The van der Waals surface area contributed by atoms with E-state index in [0.29, 0.717) is 10.1 Å². The smallest absolute Gasteiger partial charge is 0.264 e. The highest BCUT2D eigenvalue weighted by Crippen LogP contribution is 2.28. The Hall–Kier alpha value is -2.59. The third-order valence-electron chi connectivity index (χ3n) is 3.54. The van der Waals surface area contributed by atoms with E-state index in [1.807, 2.05) is 74.5 Å². The number of aliphatic imine (C=N–C) groups is 1. The molecule has 0 aromatic heterocycles. The van der Waals surface area contributed by atoms with Gasteiger partial charge in [0.15, 0.2) is 5.17 Å². The van der Waals surface area contributed by atoms with E-state index in [2.05, 4.69) is 16.4 Å². The molecule has 1 aliphatic heterocycles. The Morgan fingerprint density at radius 2 is 1.79 bits per heavy atom. The van der Waals surface area contributed by atoms with Gasteiger partial charge in [0, 0.05) is 0 Å². The van der Waals surface area contributed by atoms with E-state index in [9.17, 15) is 4.79 Å². The molecule has 120 valence electrons. The van der Waals surface area contributed by atoms with Crippen LogP contribution in [0, 0.1) is 6.92 Å². The molecule has 3 nitrogen and oxygen atoms in total. The predicted molar refractivity (Wildman–Crippen MR) is 102 cm³/mol. The number of thioether (sulfide) groups is 1. The first-order chi connectivity index (χ1) is 11.6. The summed E-state index contributed by atoms with van der Waals surface area (Å²) in [5, 5.41) is 3.45. The number of hydrogen-bond acceptors (Lipinski definition) is 3. The molecule has 0 unspecified atom stereocenters. The topological polar surface area (TPSA) is 41.5 Å². The normalized spacial score (nSPS) is 18.2. The van der Waals surface area contributed by atoms with E-state index in [1.165, 1.54) is 11.8 Å². The van der Waals surface area contributed by atoms with Gasteiger partial charge < -0.3 is 5.32 Å². The summed E-state index contributed by atoms with van der Waals surface area (Å²) in [5.74, 6) is -0.104. The van der Waals surface area contributed by atoms with Crippen LogP contribution in [0.5, 0.6) is 0 Å².